The maximum Gasteiger partial charge on any atom is 0.310 e. The Morgan fingerprint density at radius 3 is 2.34 bits per heavy atom. The second kappa shape index (κ2) is 12.2. The first kappa shape index (κ1) is 30.9. The van der Waals surface area contributed by atoms with Gasteiger partial charge in [-0.05, 0) is 52.8 Å². The Morgan fingerprint density at radius 2 is 1.70 bits per heavy atom. The number of hydrogen-bond donors (Lipinski definition) is 1. The number of hydrogen-bond acceptors (Lipinski definition) is 10. The largest absolute Gasteiger partial charge is 0.466 e. The number of anilines is 1. The third kappa shape index (κ3) is 6.67. The Kier molecular flexibility index (Phi) is 8.59. The molecule has 1 N–H and O–H groups in total. The quantitative estimate of drug-likeness (QED) is 0.0941. The molecule has 228 valence electrons. The molecule has 0 bridgehead atoms. The van der Waals surface area contributed by atoms with E-state index in [4.69, 9.17) is 16.3 Å². The van der Waals surface area contributed by atoms with Crippen molar-refractivity contribution in [2.24, 2.45) is 0 Å². The van der Waals surface area contributed by atoms with Crippen molar-refractivity contribution in [2.45, 2.75) is 19.9 Å². The van der Waals surface area contributed by atoms with Crippen molar-refractivity contribution in [3.05, 3.63) is 96.5 Å². The molecule has 44 heavy (non-hydrogen) atoms. The molecule has 0 aliphatic carbocycles. The topological polar surface area (TPSA) is 164 Å². The van der Waals surface area contributed by atoms with Gasteiger partial charge in [0.1, 0.15) is 5.88 Å². The monoisotopic (exact) mass is 656 g/mol. The lowest BCUT2D eigenvalue weighted by atomic mass is 10.0. The summed E-state index contributed by atoms with van der Waals surface area (Å²) in [6, 6.07) is 12.2. The molecule has 0 saturated heterocycles. The van der Waals surface area contributed by atoms with Gasteiger partial charge in [-0.15, -0.1) is 11.3 Å². The average molecular weight is 657 g/mol. The lowest BCUT2D eigenvalue weighted by Crippen LogP contribution is -2.12. The molecule has 0 radical (unpaired) electrons. The zero-order chi connectivity index (χ0) is 31.8. The molecule has 3 aromatic carbocycles. The van der Waals surface area contributed by atoms with E-state index in [-0.39, 0.29) is 18.9 Å². The number of nitrogens with zero attached hydrogens (tertiary/aromatic N) is 3. The average Bonchev–Trinajstić information content (AvgIpc) is 3.51. The highest BCUT2D eigenvalue weighted by Gasteiger charge is 2.20. The molecule has 0 atom stereocenters. The zero-order valence-corrected chi connectivity index (χ0v) is 25.8. The molecule has 0 saturated carbocycles. The summed E-state index contributed by atoms with van der Waals surface area (Å²) in [6.45, 7) is 2.28. The van der Waals surface area contributed by atoms with Gasteiger partial charge in [-0.2, -0.15) is 0 Å². The summed E-state index contributed by atoms with van der Waals surface area (Å²) >= 11 is 7.84. The molecule has 12 nitrogen and oxygen atoms in total. The van der Waals surface area contributed by atoms with Gasteiger partial charge in [-0.25, -0.2) is 8.42 Å². The number of thiophene rings is 1. The summed E-state index contributed by atoms with van der Waals surface area (Å²) in [4.78, 5) is 34.1. The molecule has 0 aliphatic heterocycles. The summed E-state index contributed by atoms with van der Waals surface area (Å²) in [7, 11) is -3.29. The van der Waals surface area contributed by atoms with Crippen molar-refractivity contribution in [1.82, 2.24) is 4.57 Å². The fraction of sp³-hybridized carbons (Fsp3) is 0.207. The first-order valence-electron chi connectivity index (χ1n) is 13.2. The van der Waals surface area contributed by atoms with E-state index in [1.54, 1.807) is 37.3 Å². The van der Waals surface area contributed by atoms with E-state index in [1.165, 1.54) is 23.5 Å². The molecule has 5 rings (SSSR count). The Balaban J connectivity index is 1.63. The number of nitrogens with one attached hydrogen (secondary N) is 1. The van der Waals surface area contributed by atoms with Crippen molar-refractivity contribution in [1.29, 1.82) is 0 Å². The van der Waals surface area contributed by atoms with Gasteiger partial charge >= 0.3 is 5.97 Å². The van der Waals surface area contributed by atoms with Gasteiger partial charge in [0.2, 0.25) is 0 Å². The van der Waals surface area contributed by atoms with E-state index in [9.17, 15) is 33.4 Å². The molecular weight excluding hydrogens is 632 g/mol. The van der Waals surface area contributed by atoms with Gasteiger partial charge in [-0.3, -0.25) is 25.0 Å². The Labute approximate surface area is 260 Å². The predicted molar refractivity (Wildman–Crippen MR) is 170 cm³/mol. The number of halogens is 1. The standard InChI is InChI=1S/C29H25ClN4O8S2/c1-3-42-28(35)9-19-13-32(14-20-15-43-29-25(20)10-21(30)11-26(29)31-16-44(2,40)41)27-8-17(4-5-24(19)27)18-6-22(33(36)37)12-23(7-18)34(38)39/h4-8,10-13,15,31H,3,9,14,16H2,1-2H3. The Hall–Kier alpha value is -4.53. The van der Waals surface area contributed by atoms with E-state index < -0.39 is 37.0 Å². The van der Waals surface area contributed by atoms with E-state index in [1.807, 2.05) is 16.1 Å². The van der Waals surface area contributed by atoms with Crippen molar-refractivity contribution in [2.75, 3.05) is 24.1 Å². The normalized spacial score (nSPS) is 11.6. The van der Waals surface area contributed by atoms with Crippen LogP contribution in [0.1, 0.15) is 18.1 Å². The van der Waals surface area contributed by atoms with Gasteiger partial charge in [0.05, 0.1) is 39.3 Å². The molecule has 5 aromatic rings. The minimum Gasteiger partial charge on any atom is -0.466 e. The number of rotatable bonds is 11. The fourth-order valence-electron chi connectivity index (χ4n) is 4.96. The van der Waals surface area contributed by atoms with Gasteiger partial charge in [0.15, 0.2) is 9.84 Å². The summed E-state index contributed by atoms with van der Waals surface area (Å²) < 4.78 is 31.4. The second-order valence-electron chi connectivity index (χ2n) is 10.1. The summed E-state index contributed by atoms with van der Waals surface area (Å²) in [5.41, 5.74) is 2.84. The highest BCUT2D eigenvalue weighted by atomic mass is 35.5. The second-order valence-corrected chi connectivity index (χ2v) is 13.5. The van der Waals surface area contributed by atoms with E-state index in [0.29, 0.717) is 39.5 Å². The van der Waals surface area contributed by atoms with Crippen LogP contribution in [0, 0.1) is 20.2 Å². The third-order valence-corrected chi connectivity index (χ3v) is 8.81. The number of aromatic nitrogens is 1. The van der Waals surface area contributed by atoms with E-state index >= 15 is 0 Å². The van der Waals surface area contributed by atoms with Crippen LogP contribution in [-0.4, -0.2) is 47.5 Å². The van der Waals surface area contributed by atoms with Gasteiger partial charge in [0.25, 0.3) is 11.4 Å². The number of non-ortho nitro benzene ring substituents is 2. The highest BCUT2D eigenvalue weighted by molar-refractivity contribution is 7.90. The molecule has 0 amide bonds. The summed E-state index contributed by atoms with van der Waals surface area (Å²) in [6.07, 6.45) is 2.97. The number of benzene rings is 3. The summed E-state index contributed by atoms with van der Waals surface area (Å²) in [5, 5.41) is 29.9. The van der Waals surface area contributed by atoms with Crippen LogP contribution < -0.4 is 5.32 Å². The van der Waals surface area contributed by atoms with Crippen LogP contribution in [0.15, 0.2) is 60.1 Å². The van der Waals surface area contributed by atoms with Crippen molar-refractivity contribution >= 4 is 76.8 Å². The van der Waals surface area contributed by atoms with E-state index in [2.05, 4.69) is 5.32 Å². The Morgan fingerprint density at radius 1 is 1.00 bits per heavy atom. The van der Waals surface area contributed by atoms with Gasteiger partial charge in [0, 0.05) is 52.4 Å². The SMILES string of the molecule is CCOC(=O)Cc1cn(Cc2csc3c(NCS(C)(=O)=O)cc(Cl)cc23)c2cc(-c3cc([N+](=O)[O-])cc([N+](=O)[O-])c3)ccc12. The lowest BCUT2D eigenvalue weighted by Gasteiger charge is -2.10. The van der Waals surface area contributed by atoms with Crippen LogP contribution in [0.2, 0.25) is 5.02 Å². The lowest BCUT2D eigenvalue weighted by molar-refractivity contribution is -0.394. The van der Waals surface area contributed by atoms with Gasteiger partial charge < -0.3 is 14.6 Å². The van der Waals surface area contributed by atoms with Crippen LogP contribution in [0.4, 0.5) is 17.1 Å². The van der Waals surface area contributed by atoms with Crippen molar-refractivity contribution < 1.29 is 27.8 Å². The first-order chi connectivity index (χ1) is 20.8. The third-order valence-electron chi connectivity index (χ3n) is 6.85. The number of carbonyl (C=O) groups excluding carboxylic acids is 1. The molecule has 0 aliphatic rings. The fourth-order valence-corrected chi connectivity index (χ4v) is 6.63. The molecule has 15 heteroatoms. The summed E-state index contributed by atoms with van der Waals surface area (Å²) in [5.74, 6) is -0.660. The number of nitro benzene ring substituents is 2. The molecule has 0 unspecified atom stereocenters. The molecular formula is C29H25ClN4O8S2. The maximum absolute atomic E-state index is 12.4. The number of sulfone groups is 1. The molecule has 2 aromatic heterocycles. The van der Waals surface area contributed by atoms with Crippen LogP contribution in [0.3, 0.4) is 0 Å². The molecule has 0 fully saturated rings. The molecule has 0 spiro atoms. The van der Waals surface area contributed by atoms with Crippen LogP contribution in [0.25, 0.3) is 32.1 Å². The number of ether oxygens (including phenoxy) is 1. The smallest absolute Gasteiger partial charge is 0.310 e. The Bertz CT molecular complexity index is 2040. The minimum absolute atomic E-state index is 0.00867. The van der Waals surface area contributed by atoms with E-state index in [0.717, 1.165) is 33.4 Å². The van der Waals surface area contributed by atoms with Gasteiger partial charge in [-0.1, -0.05) is 23.7 Å². The van der Waals surface area contributed by atoms with Crippen LogP contribution in [0.5, 0.6) is 0 Å². The van der Waals surface area contributed by atoms with Crippen molar-refractivity contribution in [3.63, 3.8) is 0 Å². The predicted octanol–water partition coefficient (Wildman–Crippen LogP) is 6.56. The highest BCUT2D eigenvalue weighted by Crippen LogP contribution is 2.38. The van der Waals surface area contributed by atoms with Crippen molar-refractivity contribution in [3.8, 4) is 11.1 Å². The van der Waals surface area contributed by atoms with Crippen LogP contribution >= 0.6 is 22.9 Å². The number of esters is 1. The minimum atomic E-state index is -3.29. The number of carbonyl (C=O) groups is 1. The number of nitro groups is 2. The van der Waals surface area contributed by atoms with Crippen LogP contribution in [-0.2, 0) is 32.3 Å². The zero-order valence-electron chi connectivity index (χ0n) is 23.4. The molecule has 2 heterocycles. The maximum atomic E-state index is 12.4. The first-order valence-corrected chi connectivity index (χ1v) is 16.5. The number of fused-ring (bicyclic) bond motifs is 2.